The highest BCUT2D eigenvalue weighted by molar-refractivity contribution is 9.09. The Morgan fingerprint density at radius 1 is 0.818 bits per heavy atom. The van der Waals surface area contributed by atoms with Crippen LogP contribution in [0.15, 0.2) is 30.3 Å². The molecule has 3 aromatic carbocycles. The van der Waals surface area contributed by atoms with E-state index in [9.17, 15) is 5.11 Å². The van der Waals surface area contributed by atoms with Crippen molar-refractivity contribution in [1.82, 2.24) is 0 Å². The van der Waals surface area contributed by atoms with Gasteiger partial charge in [-0.3, -0.25) is 0 Å². The highest BCUT2D eigenvalue weighted by Crippen LogP contribution is 2.41. The average molecular weight is 439 g/mol. The van der Waals surface area contributed by atoms with Crippen molar-refractivity contribution in [2.24, 2.45) is 0 Å². The van der Waals surface area contributed by atoms with Crippen molar-refractivity contribution in [3.8, 4) is 0 Å². The molecular weight excluding hydrogens is 430 g/mol. The first-order chi connectivity index (χ1) is 10.4. The van der Waals surface area contributed by atoms with Crippen molar-refractivity contribution in [3.63, 3.8) is 0 Å². The number of aliphatic hydroxyl groups is 1. The highest BCUT2D eigenvalue weighted by atomic mass is 79.9. The molecule has 0 aliphatic heterocycles. The van der Waals surface area contributed by atoms with E-state index in [0.717, 1.165) is 21.5 Å². The van der Waals surface area contributed by atoms with Crippen LogP contribution in [0.2, 0.25) is 20.1 Å². The largest absolute Gasteiger partial charge is 0.388 e. The van der Waals surface area contributed by atoms with E-state index in [1.165, 1.54) is 0 Å². The molecule has 0 unspecified atom stereocenters. The van der Waals surface area contributed by atoms with Crippen molar-refractivity contribution in [1.29, 1.82) is 0 Å². The van der Waals surface area contributed by atoms with Crippen LogP contribution in [-0.4, -0.2) is 10.4 Å². The summed E-state index contributed by atoms with van der Waals surface area (Å²) in [6, 6.07) is 8.80. The van der Waals surface area contributed by atoms with Gasteiger partial charge in [0, 0.05) is 31.2 Å². The van der Waals surface area contributed by atoms with E-state index in [0.29, 0.717) is 31.0 Å². The van der Waals surface area contributed by atoms with Crippen LogP contribution in [0, 0.1) is 0 Å². The summed E-state index contributed by atoms with van der Waals surface area (Å²) in [6.07, 6.45) is -0.701. The number of alkyl halides is 1. The van der Waals surface area contributed by atoms with Crippen molar-refractivity contribution < 1.29 is 5.11 Å². The SMILES string of the molecule is O[C@H](CBr)c1cc2c(Cl)cc(Cl)cc2c2c(Cl)cc(Cl)cc12. The molecule has 0 saturated heterocycles. The Kier molecular flexibility index (Phi) is 4.80. The van der Waals surface area contributed by atoms with Gasteiger partial charge in [0.15, 0.2) is 0 Å². The summed E-state index contributed by atoms with van der Waals surface area (Å²) < 4.78 is 0. The third-order valence-electron chi connectivity index (χ3n) is 3.53. The molecule has 1 atom stereocenters. The zero-order chi connectivity index (χ0) is 16.0. The van der Waals surface area contributed by atoms with Crippen molar-refractivity contribution in [2.45, 2.75) is 6.10 Å². The van der Waals surface area contributed by atoms with Crippen LogP contribution >= 0.6 is 62.3 Å². The summed E-state index contributed by atoms with van der Waals surface area (Å²) in [7, 11) is 0. The third-order valence-corrected chi connectivity index (χ3v) is 5.20. The summed E-state index contributed by atoms with van der Waals surface area (Å²) in [5, 5.41) is 15.9. The first-order valence-electron chi connectivity index (χ1n) is 6.37. The quantitative estimate of drug-likeness (QED) is 0.336. The normalized spacial score (nSPS) is 13.0. The van der Waals surface area contributed by atoms with Gasteiger partial charge in [0.05, 0.1) is 11.1 Å². The molecule has 22 heavy (non-hydrogen) atoms. The monoisotopic (exact) mass is 436 g/mol. The standard InChI is InChI=1S/C16H9BrCl4O/c17-6-15(22)10-5-9-11(1-7(18)3-13(9)20)16-12(10)2-8(19)4-14(16)21/h1-5,15,22H,6H2/t15-/m1/s1. The van der Waals surface area contributed by atoms with E-state index in [-0.39, 0.29) is 0 Å². The van der Waals surface area contributed by atoms with Gasteiger partial charge in [-0.15, -0.1) is 0 Å². The second-order valence-corrected chi connectivity index (χ2v) is 7.26. The molecule has 0 bridgehead atoms. The Morgan fingerprint density at radius 3 is 2.05 bits per heavy atom. The second-order valence-electron chi connectivity index (χ2n) is 4.93. The lowest BCUT2D eigenvalue weighted by Crippen LogP contribution is -2.00. The van der Waals surface area contributed by atoms with E-state index >= 15 is 0 Å². The van der Waals surface area contributed by atoms with Gasteiger partial charge in [-0.25, -0.2) is 0 Å². The first kappa shape index (κ1) is 16.6. The average Bonchev–Trinajstić information content (AvgIpc) is 2.44. The molecule has 0 amide bonds. The molecule has 3 aromatic rings. The van der Waals surface area contributed by atoms with Crippen LogP contribution in [0.3, 0.4) is 0 Å². The number of aliphatic hydroxyl groups excluding tert-OH is 1. The summed E-state index contributed by atoms with van der Waals surface area (Å²) in [6.45, 7) is 0. The maximum atomic E-state index is 10.3. The second kappa shape index (κ2) is 6.35. The van der Waals surface area contributed by atoms with Crippen LogP contribution in [0.25, 0.3) is 21.5 Å². The first-order valence-corrected chi connectivity index (χ1v) is 9.00. The fourth-order valence-corrected chi connectivity index (χ4v) is 4.10. The molecule has 0 fully saturated rings. The summed E-state index contributed by atoms with van der Waals surface area (Å²) in [4.78, 5) is 0. The predicted molar refractivity (Wildman–Crippen MR) is 100 cm³/mol. The van der Waals surface area contributed by atoms with Gasteiger partial charge in [-0.2, -0.15) is 0 Å². The Hall–Kier alpha value is -0.220. The van der Waals surface area contributed by atoms with Gasteiger partial charge in [0.1, 0.15) is 0 Å². The van der Waals surface area contributed by atoms with Crippen molar-refractivity contribution >= 4 is 83.9 Å². The summed E-state index contributed by atoms with van der Waals surface area (Å²) in [5.41, 5.74) is 0.716. The lowest BCUT2D eigenvalue weighted by atomic mass is 9.95. The van der Waals surface area contributed by atoms with E-state index in [1.807, 2.05) is 12.1 Å². The fraction of sp³-hybridized carbons (Fsp3) is 0.125. The number of halogens is 5. The Morgan fingerprint density at radius 2 is 1.41 bits per heavy atom. The number of rotatable bonds is 2. The molecule has 0 aliphatic rings. The number of hydrogen-bond acceptors (Lipinski definition) is 1. The summed E-state index contributed by atoms with van der Waals surface area (Å²) in [5.74, 6) is 0. The van der Waals surface area contributed by atoms with Crippen molar-refractivity contribution in [2.75, 3.05) is 5.33 Å². The van der Waals surface area contributed by atoms with Crippen LogP contribution in [0.4, 0.5) is 0 Å². The topological polar surface area (TPSA) is 20.2 Å². The molecule has 0 heterocycles. The minimum atomic E-state index is -0.701. The van der Waals surface area contributed by atoms with Crippen LogP contribution < -0.4 is 0 Å². The van der Waals surface area contributed by atoms with E-state index in [1.54, 1.807) is 18.2 Å². The van der Waals surface area contributed by atoms with Crippen LogP contribution in [0.1, 0.15) is 11.7 Å². The van der Waals surface area contributed by atoms with Crippen LogP contribution in [-0.2, 0) is 0 Å². The van der Waals surface area contributed by atoms with Gasteiger partial charge in [0.2, 0.25) is 0 Å². The van der Waals surface area contributed by atoms with Gasteiger partial charge < -0.3 is 5.11 Å². The zero-order valence-corrected chi connectivity index (χ0v) is 15.6. The molecule has 6 heteroatoms. The molecular formula is C16H9BrCl4O. The molecule has 0 radical (unpaired) electrons. The minimum absolute atomic E-state index is 0.392. The fourth-order valence-electron chi connectivity index (χ4n) is 2.61. The Labute approximate surface area is 155 Å². The molecule has 1 nitrogen and oxygen atoms in total. The molecule has 0 saturated carbocycles. The number of benzene rings is 3. The predicted octanol–water partition coefficient (Wildman–Crippen LogP) is 7.03. The van der Waals surface area contributed by atoms with Gasteiger partial charge in [-0.1, -0.05) is 62.3 Å². The minimum Gasteiger partial charge on any atom is -0.388 e. The molecule has 3 rings (SSSR count). The van der Waals surface area contributed by atoms with E-state index in [4.69, 9.17) is 46.4 Å². The van der Waals surface area contributed by atoms with Gasteiger partial charge in [-0.05, 0) is 46.7 Å². The van der Waals surface area contributed by atoms with E-state index in [2.05, 4.69) is 15.9 Å². The Balaban J connectivity index is 2.59. The van der Waals surface area contributed by atoms with Crippen LogP contribution in [0.5, 0.6) is 0 Å². The van der Waals surface area contributed by atoms with E-state index < -0.39 is 6.10 Å². The van der Waals surface area contributed by atoms with Gasteiger partial charge in [0.25, 0.3) is 0 Å². The molecule has 1 N–H and O–H groups in total. The lowest BCUT2D eigenvalue weighted by molar-refractivity contribution is 0.207. The molecule has 0 aromatic heterocycles. The third kappa shape index (κ3) is 2.82. The maximum Gasteiger partial charge on any atom is 0.0893 e. The molecule has 0 aliphatic carbocycles. The highest BCUT2D eigenvalue weighted by Gasteiger charge is 2.17. The number of hydrogen-bond donors (Lipinski definition) is 1. The molecule has 114 valence electrons. The molecule has 0 spiro atoms. The number of fused-ring (bicyclic) bond motifs is 3. The Bertz CT molecular complexity index is 895. The lowest BCUT2D eigenvalue weighted by Gasteiger charge is -2.16. The summed E-state index contributed by atoms with van der Waals surface area (Å²) >= 11 is 28.3. The maximum absolute atomic E-state index is 10.3. The van der Waals surface area contributed by atoms with Gasteiger partial charge >= 0.3 is 0 Å². The zero-order valence-electron chi connectivity index (χ0n) is 11.0. The smallest absolute Gasteiger partial charge is 0.0893 e. The van der Waals surface area contributed by atoms with Crippen molar-refractivity contribution in [3.05, 3.63) is 56.0 Å².